The quantitative estimate of drug-likeness (QED) is 0.190. The van der Waals surface area contributed by atoms with Crippen molar-refractivity contribution < 1.29 is 38.5 Å². The van der Waals surface area contributed by atoms with E-state index < -0.39 is 29.3 Å². The summed E-state index contributed by atoms with van der Waals surface area (Å²) in [7, 11) is -7.79. The summed E-state index contributed by atoms with van der Waals surface area (Å²) in [5, 5.41) is 8.72. The van der Waals surface area contributed by atoms with Gasteiger partial charge in [-0.3, -0.25) is 9.59 Å². The van der Waals surface area contributed by atoms with E-state index in [9.17, 15) is 9.59 Å². The van der Waals surface area contributed by atoms with E-state index in [1.165, 1.54) is 0 Å². The molecule has 5 aromatic carbocycles. The minimum atomic E-state index is -4.94. The van der Waals surface area contributed by atoms with Crippen molar-refractivity contribution in [3.05, 3.63) is 167 Å². The molecule has 2 N–H and O–H groups in total. The first-order valence-electron chi connectivity index (χ1n) is 13.8. The molecule has 0 bridgehead atoms. The van der Waals surface area contributed by atoms with Crippen molar-refractivity contribution in [3.63, 3.8) is 0 Å². The SMILES string of the molecule is Cc1ccc(C(=O)NC(C(=O)Nc2ccccc2)=C(Cl)[P+](c2ccccc2)(c2ccccc2)c2ccccc2)cc1.[O-][Cl+3]([O-])([O-])[O-]. The Balaban J connectivity index is 0.000000892. The van der Waals surface area contributed by atoms with Gasteiger partial charge in [0.2, 0.25) is 4.77 Å². The summed E-state index contributed by atoms with van der Waals surface area (Å²) in [6.07, 6.45) is 0. The van der Waals surface area contributed by atoms with Crippen molar-refractivity contribution in [2.45, 2.75) is 6.92 Å². The Labute approximate surface area is 274 Å². The molecule has 5 rings (SSSR count). The number of halogens is 2. The number of hydrogen-bond donors (Lipinski definition) is 2. The summed E-state index contributed by atoms with van der Waals surface area (Å²) in [6.45, 7) is 1.95. The number of amides is 2. The lowest BCUT2D eigenvalue weighted by molar-refractivity contribution is -2.00. The van der Waals surface area contributed by atoms with E-state index in [4.69, 9.17) is 30.2 Å². The van der Waals surface area contributed by atoms with Crippen LogP contribution in [0.5, 0.6) is 0 Å². The van der Waals surface area contributed by atoms with Crippen LogP contribution in [0, 0.1) is 17.2 Å². The van der Waals surface area contributed by atoms with Gasteiger partial charge in [0, 0.05) is 11.3 Å². The summed E-state index contributed by atoms with van der Waals surface area (Å²) in [5.41, 5.74) is 2.05. The standard InChI is InChI=1S/C35H28ClN2O2P.ClHO4/c1-26-22-24-27(25-23-26)34(39)38-32(35(40)37-28-14-6-2-7-15-28)33(36)41(29-16-8-3-9-17-29,30-18-10-4-11-19-30)31-20-12-5-13-21-31;2-1(3,4)5/h2-25H,1H3,(H-,37,38,39,40);(H,2,3,4,5). The highest BCUT2D eigenvalue weighted by Crippen LogP contribution is 2.64. The van der Waals surface area contributed by atoms with Crippen LogP contribution in [0.3, 0.4) is 0 Å². The van der Waals surface area contributed by atoms with Gasteiger partial charge in [-0.05, 0) is 79.2 Å². The van der Waals surface area contributed by atoms with Gasteiger partial charge in [0.25, 0.3) is 11.8 Å². The topological polar surface area (TPSA) is 150 Å². The molecule has 0 spiro atoms. The van der Waals surface area contributed by atoms with Crippen LogP contribution in [-0.4, -0.2) is 11.8 Å². The third-order valence-electron chi connectivity index (χ3n) is 6.74. The molecule has 2 amide bonds. The van der Waals surface area contributed by atoms with Gasteiger partial charge in [0.05, 0.1) is 0 Å². The van der Waals surface area contributed by atoms with Crippen molar-refractivity contribution in [2.24, 2.45) is 0 Å². The zero-order valence-corrected chi connectivity index (χ0v) is 26.9. The van der Waals surface area contributed by atoms with Crippen LogP contribution >= 0.6 is 18.9 Å². The Morgan fingerprint density at radius 2 is 0.978 bits per heavy atom. The number of anilines is 1. The van der Waals surface area contributed by atoms with E-state index in [0.29, 0.717) is 11.3 Å². The van der Waals surface area contributed by atoms with Gasteiger partial charge in [0.15, 0.2) is 13.0 Å². The van der Waals surface area contributed by atoms with Crippen LogP contribution in [0.2, 0.25) is 0 Å². The molecule has 0 fully saturated rings. The molecule has 0 aliphatic carbocycles. The highest BCUT2D eigenvalue weighted by atomic mass is 35.7. The van der Waals surface area contributed by atoms with Crippen molar-refractivity contribution in [1.29, 1.82) is 0 Å². The lowest BCUT2D eigenvalue weighted by Crippen LogP contribution is -2.68. The van der Waals surface area contributed by atoms with E-state index in [-0.39, 0.29) is 10.5 Å². The summed E-state index contributed by atoms with van der Waals surface area (Å²) in [6, 6.07) is 46.2. The van der Waals surface area contributed by atoms with Crippen molar-refractivity contribution >= 4 is 52.3 Å². The second-order valence-corrected chi connectivity index (χ2v) is 14.6. The maximum atomic E-state index is 14.1. The van der Waals surface area contributed by atoms with Crippen LogP contribution in [0.25, 0.3) is 0 Å². The average molecular weight is 676 g/mol. The zero-order valence-electron chi connectivity index (χ0n) is 24.5. The summed E-state index contributed by atoms with van der Waals surface area (Å²) in [5.74, 6) is -0.928. The molecule has 0 saturated heterocycles. The molecule has 0 atom stereocenters. The Morgan fingerprint density at radius 1 is 0.609 bits per heavy atom. The highest BCUT2D eigenvalue weighted by Gasteiger charge is 2.52. The molecule has 46 heavy (non-hydrogen) atoms. The first-order chi connectivity index (χ1) is 22.0. The Bertz CT molecular complexity index is 1670. The van der Waals surface area contributed by atoms with E-state index in [0.717, 1.165) is 21.5 Å². The number of benzene rings is 5. The van der Waals surface area contributed by atoms with Crippen LogP contribution < -0.4 is 45.2 Å². The van der Waals surface area contributed by atoms with E-state index in [2.05, 4.69) is 10.6 Å². The average Bonchev–Trinajstić information content (AvgIpc) is 3.05. The monoisotopic (exact) mass is 674 g/mol. The predicted octanol–water partition coefficient (Wildman–Crippen LogP) is 2.01. The largest absolute Gasteiger partial charge is 0.321 e. The van der Waals surface area contributed by atoms with E-state index in [1.54, 1.807) is 24.3 Å². The highest BCUT2D eigenvalue weighted by molar-refractivity contribution is 8.00. The number of hydrogen-bond acceptors (Lipinski definition) is 6. The first-order valence-corrected chi connectivity index (χ1v) is 17.2. The van der Waals surface area contributed by atoms with Crippen molar-refractivity contribution in [1.82, 2.24) is 5.32 Å². The molecular formula is C35H29Cl2N2O6P. The molecule has 0 saturated carbocycles. The van der Waals surface area contributed by atoms with Crippen molar-refractivity contribution in [3.8, 4) is 0 Å². The predicted molar refractivity (Wildman–Crippen MR) is 172 cm³/mol. The third-order valence-corrected chi connectivity index (χ3v) is 11.7. The molecule has 0 aromatic heterocycles. The summed E-state index contributed by atoms with van der Waals surface area (Å²) < 4.78 is 34.2. The van der Waals surface area contributed by atoms with Crippen LogP contribution in [0.15, 0.2) is 156 Å². The van der Waals surface area contributed by atoms with Gasteiger partial charge in [-0.2, -0.15) is 0 Å². The fourth-order valence-corrected chi connectivity index (χ4v) is 9.65. The minimum absolute atomic E-state index is 0.00554. The minimum Gasteiger partial charge on any atom is -0.321 e. The molecule has 0 heterocycles. The fraction of sp³-hybridized carbons (Fsp3) is 0.0286. The molecule has 5 aromatic rings. The van der Waals surface area contributed by atoms with Gasteiger partial charge < -0.3 is 10.6 Å². The Hall–Kier alpha value is -4.37. The van der Waals surface area contributed by atoms with Gasteiger partial charge in [0.1, 0.15) is 15.9 Å². The normalized spacial score (nSPS) is 11.8. The lowest BCUT2D eigenvalue weighted by Gasteiger charge is -2.28. The first kappa shape index (κ1) is 34.5. The fourth-order valence-electron chi connectivity index (χ4n) is 4.72. The summed E-state index contributed by atoms with van der Waals surface area (Å²) >= 11 is 7.54. The van der Waals surface area contributed by atoms with E-state index >= 15 is 0 Å². The number of rotatable bonds is 8. The van der Waals surface area contributed by atoms with Gasteiger partial charge in [-0.25, -0.2) is 18.6 Å². The second-order valence-electron chi connectivity index (χ2n) is 9.86. The zero-order chi connectivity index (χ0) is 33.2. The van der Waals surface area contributed by atoms with Crippen molar-refractivity contribution in [2.75, 3.05) is 5.32 Å². The molecule has 234 valence electrons. The Kier molecular flexibility index (Phi) is 11.8. The number of aryl methyl sites for hydroxylation is 1. The molecule has 0 aliphatic rings. The van der Waals surface area contributed by atoms with Crippen LogP contribution in [0.4, 0.5) is 5.69 Å². The van der Waals surface area contributed by atoms with Crippen LogP contribution in [-0.2, 0) is 4.79 Å². The van der Waals surface area contributed by atoms with Crippen LogP contribution in [0.1, 0.15) is 15.9 Å². The summed E-state index contributed by atoms with van der Waals surface area (Å²) in [4.78, 5) is 27.7. The maximum absolute atomic E-state index is 14.1. The van der Waals surface area contributed by atoms with E-state index in [1.807, 2.05) is 128 Å². The number of para-hydroxylation sites is 1. The third kappa shape index (κ3) is 8.88. The maximum Gasteiger partial charge on any atom is 0.277 e. The van der Waals surface area contributed by atoms with Gasteiger partial charge in [-0.1, -0.05) is 90.5 Å². The number of nitrogens with one attached hydrogen (secondary N) is 2. The molecule has 0 radical (unpaired) electrons. The second kappa shape index (κ2) is 15.8. The number of carbonyl (C=O) groups excluding carboxylic acids is 2. The number of carbonyl (C=O) groups is 2. The molecule has 8 nitrogen and oxygen atoms in total. The molecule has 0 unspecified atom stereocenters. The Morgan fingerprint density at radius 3 is 1.37 bits per heavy atom. The van der Waals surface area contributed by atoms with Gasteiger partial charge in [-0.15, -0.1) is 10.2 Å². The van der Waals surface area contributed by atoms with Gasteiger partial charge >= 0.3 is 0 Å². The molecule has 11 heteroatoms. The molecule has 0 aliphatic heterocycles. The molecular weight excluding hydrogens is 646 g/mol. The smallest absolute Gasteiger partial charge is 0.277 e. The lowest BCUT2D eigenvalue weighted by atomic mass is 10.1.